The van der Waals surface area contributed by atoms with E-state index in [1.165, 1.54) is 0 Å². The molecule has 7 fully saturated rings. The van der Waals surface area contributed by atoms with Gasteiger partial charge in [0.15, 0.2) is 6.61 Å². The van der Waals surface area contributed by atoms with Crippen molar-refractivity contribution in [2.75, 3.05) is 32.8 Å². The minimum atomic E-state index is -2.53. The van der Waals surface area contributed by atoms with Crippen LogP contribution in [0.15, 0.2) is 24.8 Å². The molecule has 0 unspecified atom stereocenters. The minimum Gasteiger partial charge on any atom is -0.472 e. The van der Waals surface area contributed by atoms with Gasteiger partial charge < -0.3 is 73.1 Å². The van der Waals surface area contributed by atoms with Gasteiger partial charge in [0.05, 0.1) is 22.4 Å². The topological polar surface area (TPSA) is 345 Å². The molecule has 798 valence electrons. The number of carbonyl (C=O) groups excluding carboxylic acids is 9. The molecule has 7 aliphatic carbocycles. The highest BCUT2D eigenvalue weighted by Gasteiger charge is 2.42. The fourth-order valence-electron chi connectivity index (χ4n) is 19.4. The van der Waals surface area contributed by atoms with Crippen LogP contribution in [0.5, 0.6) is 5.88 Å². The molecule has 138 heavy (non-hydrogen) atoms. The van der Waals surface area contributed by atoms with Crippen LogP contribution < -0.4 is 4.74 Å². The SMILES string of the molecule is C=CCC1(O)CCC(CC(=O)OC(C)(C)C)CC1.CC(C)(C)OC(=O)CC1CCC(=O)CC1.CC(C)(C)OC(=O)CC1CCC(F)(CCN2CCc3ccc(OCC(F)F)nc3CC2)CC1.CC(C)(C)OC(=O)CC1CCC(O)(CC=O)CC1.CC(C)(C)OC(=O)CC1CCC(O)(CCO)CC1.CCCC1(F)CCC(CC(=O)OC(C)(C)C)CC1.CCCC1(O)CCC(CC(=O)OC(C)(C)C)CC1. The number of ether oxygens (including phenoxy) is 8. The van der Waals surface area contributed by atoms with Crippen molar-refractivity contribution in [1.29, 1.82) is 0 Å². The first-order chi connectivity index (χ1) is 63.6. The Morgan fingerprint density at radius 2 is 0.681 bits per heavy atom. The van der Waals surface area contributed by atoms with Gasteiger partial charge in [0, 0.05) is 109 Å². The number of alkyl halides is 4. The average molecular weight is 1970 g/mol. The number of Topliss-reactive ketones (excluding diaryl/α,β-unsaturated/α-hetero) is 1. The summed E-state index contributed by atoms with van der Waals surface area (Å²) in [6.07, 6.45) is 30.6. The third kappa shape index (κ3) is 57.9. The lowest BCUT2D eigenvalue weighted by molar-refractivity contribution is -0.157. The summed E-state index contributed by atoms with van der Waals surface area (Å²) in [5.74, 6) is 1.69. The molecule has 0 aromatic carbocycles. The first-order valence-electron chi connectivity index (χ1n) is 52.2. The molecule has 0 spiro atoms. The van der Waals surface area contributed by atoms with Crippen LogP contribution in [0.1, 0.15) is 447 Å². The minimum absolute atomic E-state index is 0.0211. The van der Waals surface area contributed by atoms with Crippen LogP contribution in [-0.2, 0) is 89.2 Å². The van der Waals surface area contributed by atoms with Crippen molar-refractivity contribution in [3.05, 3.63) is 36.0 Å². The molecule has 1 aromatic heterocycles. The number of halogens is 4. The fraction of sp³-hybridized carbons (Fsp3) is 0.855. The largest absolute Gasteiger partial charge is 0.472 e. The molecular formula is C110H188F4N2O22. The standard InChI is InChI=1S/C25H37F3N2O3.C15H27FO2.C15H28O3.C15H26O3.C14H26O4.C14H24O4.C12H20O3/c1-24(2,3)33-23(31)16-18-6-10-25(28,11-7-18)12-15-30-13-8-19-4-5-22(32-17-21(26)27)29-20(19)9-14-30;1-5-8-15(16)9-6-12(7-10-15)11-13(17)18-14(2,3)4;2*1-5-8-15(17)9-6-12(7-10-15)11-13(16)18-14(2,3)4;2*1-13(2,3)18-12(16)10-11-4-6-14(17,7-5-11)8-9-15;1-12(2,3)15-11(14)8-9-4-6-10(13)7-5-9/h4-5,18,21H,6-17H2,1-3H3;12H,5-11H2,1-4H3;12,17H,5-11H2,1-4H3;5,12,17H,1,6-11H2,2-4H3;11,15,17H,4-10H2,1-3H3;9,11,17H,4-8,10H2,1-3H3;9H,4-8H2,1-3H3. The predicted molar refractivity (Wildman–Crippen MR) is 531 cm³/mol. The Bertz CT molecular complexity index is 3560. The second-order valence-corrected chi connectivity index (χ2v) is 48.3. The summed E-state index contributed by atoms with van der Waals surface area (Å²) < 4.78 is 96.7. The van der Waals surface area contributed by atoms with Crippen LogP contribution >= 0.6 is 0 Å². The summed E-state index contributed by atoms with van der Waals surface area (Å²) in [5, 5.41) is 49.6. The summed E-state index contributed by atoms with van der Waals surface area (Å²) >= 11 is 0. The number of rotatable bonds is 30. The number of aldehydes is 1. The molecule has 28 heteroatoms. The third-order valence-corrected chi connectivity index (χ3v) is 26.6. The van der Waals surface area contributed by atoms with E-state index in [2.05, 4.69) is 23.4 Å². The lowest BCUT2D eigenvalue weighted by Gasteiger charge is -2.36. The van der Waals surface area contributed by atoms with Gasteiger partial charge in [-0.1, -0.05) is 38.8 Å². The normalized spacial score (nSPS) is 26.7. The molecule has 24 nitrogen and oxygen atoms in total. The number of aliphatic hydroxyl groups is 5. The molecule has 7 saturated carbocycles. The summed E-state index contributed by atoms with van der Waals surface area (Å²) in [5.41, 5.74) is -5.79. The van der Waals surface area contributed by atoms with E-state index in [0.717, 1.165) is 159 Å². The van der Waals surface area contributed by atoms with Crippen LogP contribution in [0.2, 0.25) is 0 Å². The number of hydrogen-bond acceptors (Lipinski definition) is 24. The molecule has 1 aromatic rings. The fourth-order valence-corrected chi connectivity index (χ4v) is 19.4. The van der Waals surface area contributed by atoms with E-state index in [4.69, 9.17) is 43.0 Å². The molecule has 0 atom stereocenters. The first-order valence-corrected chi connectivity index (χ1v) is 52.2. The maximum absolute atomic E-state index is 15.4. The zero-order valence-electron chi connectivity index (χ0n) is 89.6. The Balaban J connectivity index is 0.000000422. The lowest BCUT2D eigenvalue weighted by Crippen LogP contribution is -2.36. The predicted octanol–water partition coefficient (Wildman–Crippen LogP) is 22.9. The summed E-state index contributed by atoms with van der Waals surface area (Å²) in [6.45, 7) is 48.7. The Morgan fingerprint density at radius 1 is 0.406 bits per heavy atom. The van der Waals surface area contributed by atoms with E-state index in [1.807, 2.05) is 158 Å². The number of fused-ring (bicyclic) bond motifs is 1. The van der Waals surface area contributed by atoms with Crippen molar-refractivity contribution in [3.63, 3.8) is 0 Å². The van der Waals surface area contributed by atoms with Gasteiger partial charge in [-0.25, -0.2) is 22.5 Å². The quantitative estimate of drug-likeness (QED) is 0.0157. The molecule has 0 amide bonds. The van der Waals surface area contributed by atoms with Crippen LogP contribution in [0, 0.1) is 41.4 Å². The molecule has 9 rings (SSSR count). The Labute approximate surface area is 827 Å². The van der Waals surface area contributed by atoms with Crippen molar-refractivity contribution >= 4 is 53.9 Å². The number of esters is 7. The van der Waals surface area contributed by atoms with Gasteiger partial charge in [-0.05, 0) is 398 Å². The molecule has 0 radical (unpaired) electrons. The van der Waals surface area contributed by atoms with Crippen molar-refractivity contribution in [2.45, 2.75) is 528 Å². The maximum atomic E-state index is 15.4. The number of aliphatic hydroxyl groups excluding tert-OH is 1. The molecular weight excluding hydrogens is 1780 g/mol. The number of hydrogen-bond donors (Lipinski definition) is 5. The zero-order chi connectivity index (χ0) is 105. The molecule has 1 aliphatic heterocycles. The van der Waals surface area contributed by atoms with Crippen molar-refractivity contribution < 1.29 is 124 Å². The van der Waals surface area contributed by atoms with Crippen molar-refractivity contribution in [1.82, 2.24) is 9.88 Å². The van der Waals surface area contributed by atoms with Crippen LogP contribution in [0.25, 0.3) is 0 Å². The Kier molecular flexibility index (Phi) is 53.0. The van der Waals surface area contributed by atoms with Gasteiger partial charge in [0.25, 0.3) is 6.43 Å². The Morgan fingerprint density at radius 3 is 0.964 bits per heavy atom. The van der Waals surface area contributed by atoms with E-state index >= 15 is 4.39 Å². The van der Waals surface area contributed by atoms with Gasteiger partial charge in [0.1, 0.15) is 62.6 Å². The summed E-state index contributed by atoms with van der Waals surface area (Å²) in [4.78, 5) is 110. The highest BCUT2D eigenvalue weighted by Crippen LogP contribution is 2.45. The summed E-state index contributed by atoms with van der Waals surface area (Å²) in [7, 11) is 0. The molecule has 0 bridgehead atoms. The van der Waals surface area contributed by atoms with Crippen molar-refractivity contribution in [2.24, 2.45) is 41.4 Å². The van der Waals surface area contributed by atoms with E-state index in [-0.39, 0.29) is 72.5 Å². The van der Waals surface area contributed by atoms with Gasteiger partial charge >= 0.3 is 41.8 Å². The van der Waals surface area contributed by atoms with Crippen LogP contribution in [0.4, 0.5) is 17.6 Å². The van der Waals surface area contributed by atoms with E-state index in [1.54, 1.807) is 12.1 Å². The second kappa shape index (κ2) is 58.1. The smallest absolute Gasteiger partial charge is 0.306 e. The second-order valence-electron chi connectivity index (χ2n) is 48.3. The average Bonchev–Trinajstić information content (AvgIpc) is 1.53. The highest BCUT2D eigenvalue weighted by atomic mass is 19.3. The van der Waals surface area contributed by atoms with Gasteiger partial charge in [-0.3, -0.25) is 38.4 Å². The molecule has 0 saturated heterocycles. The van der Waals surface area contributed by atoms with Crippen LogP contribution in [-0.4, -0.2) is 201 Å². The number of pyridine rings is 1. The summed E-state index contributed by atoms with van der Waals surface area (Å²) in [6, 6.07) is 3.54. The maximum Gasteiger partial charge on any atom is 0.306 e. The van der Waals surface area contributed by atoms with Crippen molar-refractivity contribution in [3.8, 4) is 5.88 Å². The van der Waals surface area contributed by atoms with Gasteiger partial charge in [-0.2, -0.15) is 0 Å². The third-order valence-electron chi connectivity index (χ3n) is 26.6. The molecule has 8 aliphatic rings. The van der Waals surface area contributed by atoms with Gasteiger partial charge in [-0.15, -0.1) is 6.58 Å². The lowest BCUT2D eigenvalue weighted by atomic mass is 9.76. The molecule has 5 N–H and O–H groups in total. The van der Waals surface area contributed by atoms with Crippen LogP contribution in [0.3, 0.4) is 0 Å². The number of aromatic nitrogens is 1. The number of ketones is 1. The van der Waals surface area contributed by atoms with E-state index < -0.39 is 86.0 Å². The number of nitrogens with zero attached hydrogens (tertiary/aromatic N) is 2. The first kappa shape index (κ1) is 126. The monoisotopic (exact) mass is 1970 g/mol. The van der Waals surface area contributed by atoms with E-state index in [9.17, 15) is 76.7 Å². The molecule has 2 heterocycles. The zero-order valence-corrected chi connectivity index (χ0v) is 89.6. The highest BCUT2D eigenvalue weighted by molar-refractivity contribution is 5.79. The van der Waals surface area contributed by atoms with E-state index in [0.29, 0.717) is 196 Å². The number of carbonyl (C=O) groups is 9. The van der Waals surface area contributed by atoms with Gasteiger partial charge in [0.2, 0.25) is 5.88 Å². The Hall–Kier alpha value is -6.20.